The highest BCUT2D eigenvalue weighted by Gasteiger charge is 2.13. The first-order valence-corrected chi connectivity index (χ1v) is 4.97. The van der Waals surface area contributed by atoms with Crippen LogP contribution in [-0.2, 0) is 9.53 Å². The molecule has 0 spiro atoms. The van der Waals surface area contributed by atoms with E-state index in [1.807, 2.05) is 0 Å². The Morgan fingerprint density at radius 1 is 1.38 bits per heavy atom. The Balaban J connectivity index is 2.70. The minimum absolute atomic E-state index is 0.0581. The summed E-state index contributed by atoms with van der Waals surface area (Å²) in [6.45, 7) is 0. The number of ketones is 1. The number of halogens is 2. The smallest absolute Gasteiger partial charge is 0.305 e. The number of rotatable bonds is 4. The van der Waals surface area contributed by atoms with Gasteiger partial charge in [-0.1, -0.05) is 11.6 Å². The van der Waals surface area contributed by atoms with Crippen molar-refractivity contribution in [2.24, 2.45) is 0 Å². The third kappa shape index (κ3) is 3.31. The molecule has 0 fully saturated rings. The van der Waals surface area contributed by atoms with Crippen LogP contribution in [0.5, 0.6) is 0 Å². The minimum Gasteiger partial charge on any atom is -0.469 e. The van der Waals surface area contributed by atoms with E-state index in [-0.39, 0.29) is 23.4 Å². The van der Waals surface area contributed by atoms with Crippen LogP contribution in [0.25, 0.3) is 0 Å². The molecule has 0 aliphatic carbocycles. The number of carbonyl (C=O) groups is 2. The lowest BCUT2D eigenvalue weighted by molar-refractivity contribution is -0.140. The largest absolute Gasteiger partial charge is 0.469 e. The van der Waals surface area contributed by atoms with Crippen molar-refractivity contribution < 1.29 is 18.7 Å². The Labute approximate surface area is 97.2 Å². The van der Waals surface area contributed by atoms with Gasteiger partial charge in [0.2, 0.25) is 0 Å². The van der Waals surface area contributed by atoms with Crippen molar-refractivity contribution in [1.82, 2.24) is 0 Å². The van der Waals surface area contributed by atoms with Gasteiger partial charge in [0.1, 0.15) is 5.82 Å². The molecule has 0 amide bonds. The van der Waals surface area contributed by atoms with Crippen molar-refractivity contribution in [2.45, 2.75) is 12.8 Å². The highest BCUT2D eigenvalue weighted by Crippen LogP contribution is 2.16. The maximum Gasteiger partial charge on any atom is 0.305 e. The molecule has 5 heteroatoms. The number of hydrogen-bond donors (Lipinski definition) is 0. The molecule has 3 nitrogen and oxygen atoms in total. The van der Waals surface area contributed by atoms with Crippen molar-refractivity contribution in [3.05, 3.63) is 34.6 Å². The van der Waals surface area contributed by atoms with Crippen molar-refractivity contribution in [2.75, 3.05) is 7.11 Å². The summed E-state index contributed by atoms with van der Waals surface area (Å²) in [6, 6.07) is 3.79. The molecule has 0 saturated carbocycles. The standard InChI is InChI=1S/C11H10ClFO3/c1-16-11(15)5-4-10(14)8-3-2-7(12)6-9(8)13/h2-3,6H,4-5H2,1H3. The van der Waals surface area contributed by atoms with Gasteiger partial charge in [-0.25, -0.2) is 4.39 Å². The molecule has 86 valence electrons. The number of methoxy groups -OCH3 is 1. The van der Waals surface area contributed by atoms with E-state index in [1.165, 1.54) is 19.2 Å². The van der Waals surface area contributed by atoms with Crippen molar-refractivity contribution >= 4 is 23.4 Å². The zero-order valence-corrected chi connectivity index (χ0v) is 9.38. The second kappa shape index (κ2) is 5.61. The second-order valence-corrected chi connectivity index (χ2v) is 3.56. The topological polar surface area (TPSA) is 43.4 Å². The van der Waals surface area contributed by atoms with Crippen LogP contribution in [0.4, 0.5) is 4.39 Å². The Morgan fingerprint density at radius 2 is 2.06 bits per heavy atom. The quantitative estimate of drug-likeness (QED) is 0.604. The lowest BCUT2D eigenvalue weighted by Crippen LogP contribution is -2.07. The first-order chi connectivity index (χ1) is 7.54. The third-order valence-corrected chi connectivity index (χ3v) is 2.25. The third-order valence-electron chi connectivity index (χ3n) is 2.02. The molecule has 0 radical (unpaired) electrons. The van der Waals surface area contributed by atoms with Gasteiger partial charge in [-0.3, -0.25) is 9.59 Å². The summed E-state index contributed by atoms with van der Waals surface area (Å²) in [5.41, 5.74) is -0.0618. The molecule has 0 aliphatic heterocycles. The van der Waals surface area contributed by atoms with Gasteiger partial charge in [0.15, 0.2) is 5.78 Å². The van der Waals surface area contributed by atoms with E-state index in [4.69, 9.17) is 11.6 Å². The van der Waals surface area contributed by atoms with E-state index < -0.39 is 17.6 Å². The van der Waals surface area contributed by atoms with Gasteiger partial charge in [-0.2, -0.15) is 0 Å². The van der Waals surface area contributed by atoms with E-state index in [0.717, 1.165) is 6.07 Å². The Hall–Kier alpha value is -1.42. The highest BCUT2D eigenvalue weighted by atomic mass is 35.5. The highest BCUT2D eigenvalue weighted by molar-refractivity contribution is 6.30. The van der Waals surface area contributed by atoms with Gasteiger partial charge in [-0.05, 0) is 18.2 Å². The maximum absolute atomic E-state index is 13.3. The van der Waals surface area contributed by atoms with Gasteiger partial charge in [0.25, 0.3) is 0 Å². The molecule has 0 aliphatic rings. The molecule has 0 bridgehead atoms. The predicted octanol–water partition coefficient (Wildman–Crippen LogP) is 2.62. The van der Waals surface area contributed by atoms with E-state index in [9.17, 15) is 14.0 Å². The molecule has 1 rings (SSSR count). The van der Waals surface area contributed by atoms with Crippen LogP contribution >= 0.6 is 11.6 Å². The van der Waals surface area contributed by atoms with Crippen LogP contribution in [0.1, 0.15) is 23.2 Å². The van der Waals surface area contributed by atoms with Crippen LogP contribution < -0.4 is 0 Å². The molecular weight excluding hydrogens is 235 g/mol. The SMILES string of the molecule is COC(=O)CCC(=O)c1ccc(Cl)cc1F. The summed E-state index contributed by atoms with van der Waals surface area (Å²) in [5, 5.41) is 0.224. The number of ether oxygens (including phenoxy) is 1. The van der Waals surface area contributed by atoms with Crippen LogP contribution in [0.2, 0.25) is 5.02 Å². The molecule has 16 heavy (non-hydrogen) atoms. The zero-order valence-electron chi connectivity index (χ0n) is 8.63. The minimum atomic E-state index is -0.678. The Bertz CT molecular complexity index is 418. The van der Waals surface area contributed by atoms with Gasteiger partial charge < -0.3 is 4.74 Å². The fraction of sp³-hybridized carbons (Fsp3) is 0.273. The summed E-state index contributed by atoms with van der Waals surface area (Å²) < 4.78 is 17.7. The number of benzene rings is 1. The van der Waals surface area contributed by atoms with E-state index in [1.54, 1.807) is 0 Å². The number of hydrogen-bond acceptors (Lipinski definition) is 3. The average Bonchev–Trinajstić information content (AvgIpc) is 2.25. The molecule has 0 aromatic heterocycles. The van der Waals surface area contributed by atoms with E-state index in [0.29, 0.717) is 0 Å². The van der Waals surface area contributed by atoms with Crippen LogP contribution in [0, 0.1) is 5.82 Å². The molecule has 1 aromatic rings. The van der Waals surface area contributed by atoms with E-state index in [2.05, 4.69) is 4.74 Å². The van der Waals surface area contributed by atoms with Gasteiger partial charge in [-0.15, -0.1) is 0 Å². The monoisotopic (exact) mass is 244 g/mol. The van der Waals surface area contributed by atoms with Crippen molar-refractivity contribution in [3.8, 4) is 0 Å². The number of esters is 1. The maximum atomic E-state index is 13.3. The molecule has 0 heterocycles. The first kappa shape index (κ1) is 12.6. The number of Topliss-reactive ketones (excluding diaryl/α,β-unsaturated/α-hetero) is 1. The fourth-order valence-corrected chi connectivity index (χ4v) is 1.33. The molecule has 0 saturated heterocycles. The van der Waals surface area contributed by atoms with Gasteiger partial charge in [0.05, 0.1) is 19.1 Å². The summed E-state index contributed by atoms with van der Waals surface area (Å²) in [7, 11) is 1.23. The summed E-state index contributed by atoms with van der Waals surface area (Å²) in [4.78, 5) is 22.3. The lowest BCUT2D eigenvalue weighted by atomic mass is 10.1. The summed E-state index contributed by atoms with van der Waals surface area (Å²) in [6.07, 6.45) is -0.136. The lowest BCUT2D eigenvalue weighted by Gasteiger charge is -2.02. The zero-order chi connectivity index (χ0) is 12.1. The molecular formula is C11H10ClFO3. The molecule has 0 atom stereocenters. The summed E-state index contributed by atoms with van der Waals surface area (Å²) >= 11 is 5.55. The van der Waals surface area contributed by atoms with Crippen LogP contribution in [-0.4, -0.2) is 18.9 Å². The fourth-order valence-electron chi connectivity index (χ4n) is 1.17. The van der Waals surface area contributed by atoms with Crippen LogP contribution in [0.3, 0.4) is 0 Å². The van der Waals surface area contributed by atoms with Crippen molar-refractivity contribution in [3.63, 3.8) is 0 Å². The van der Waals surface area contributed by atoms with Gasteiger partial charge in [0, 0.05) is 11.4 Å². The molecule has 0 N–H and O–H groups in total. The normalized spacial score (nSPS) is 9.94. The van der Waals surface area contributed by atoms with Crippen LogP contribution in [0.15, 0.2) is 18.2 Å². The number of carbonyl (C=O) groups excluding carboxylic acids is 2. The Morgan fingerprint density at radius 3 is 2.62 bits per heavy atom. The van der Waals surface area contributed by atoms with Crippen molar-refractivity contribution in [1.29, 1.82) is 0 Å². The average molecular weight is 245 g/mol. The van der Waals surface area contributed by atoms with E-state index >= 15 is 0 Å². The predicted molar refractivity (Wildman–Crippen MR) is 57.0 cm³/mol. The first-order valence-electron chi connectivity index (χ1n) is 4.59. The van der Waals surface area contributed by atoms with Gasteiger partial charge >= 0.3 is 5.97 Å². The summed E-state index contributed by atoms with van der Waals surface area (Å²) in [5.74, 6) is -1.62. The molecule has 0 unspecified atom stereocenters. The molecule has 1 aromatic carbocycles. The second-order valence-electron chi connectivity index (χ2n) is 3.12. The Kier molecular flexibility index (Phi) is 4.43.